The lowest BCUT2D eigenvalue weighted by molar-refractivity contribution is 0.505. The molecule has 0 aliphatic carbocycles. The molecule has 0 aliphatic rings. The maximum absolute atomic E-state index is 12.9. The first-order valence-electron chi connectivity index (χ1n) is 7.31. The molecule has 3 rings (SSSR count). The van der Waals surface area contributed by atoms with Crippen LogP contribution in [0.3, 0.4) is 0 Å². The molecule has 2 aromatic heterocycles. The second-order valence-corrected chi connectivity index (χ2v) is 8.87. The number of thiophene rings is 1. The number of rotatable bonds is 4. The van der Waals surface area contributed by atoms with Crippen LogP contribution in [0.2, 0.25) is 10.0 Å². The summed E-state index contributed by atoms with van der Waals surface area (Å²) in [6, 6.07) is 4.87. The molecule has 0 fully saturated rings. The molecular formula is C17H15Cl2NO3S2. The van der Waals surface area contributed by atoms with Crippen LogP contribution in [0.5, 0.6) is 0 Å². The van der Waals surface area contributed by atoms with Crippen LogP contribution in [0.1, 0.15) is 17.1 Å². The van der Waals surface area contributed by atoms with Crippen molar-refractivity contribution in [2.45, 2.75) is 25.7 Å². The molecule has 132 valence electrons. The van der Waals surface area contributed by atoms with Crippen molar-refractivity contribution in [1.29, 1.82) is 0 Å². The Bertz CT molecular complexity index is 1030. The molecule has 1 aromatic carbocycles. The van der Waals surface area contributed by atoms with E-state index in [0.29, 0.717) is 16.3 Å². The van der Waals surface area contributed by atoms with Crippen molar-refractivity contribution in [3.05, 3.63) is 56.1 Å². The van der Waals surface area contributed by atoms with Gasteiger partial charge in [0.05, 0.1) is 10.7 Å². The fourth-order valence-corrected chi connectivity index (χ4v) is 5.82. The zero-order chi connectivity index (χ0) is 18.4. The Morgan fingerprint density at radius 1 is 1.04 bits per heavy atom. The number of aryl methyl sites for hydroxylation is 3. The quantitative estimate of drug-likeness (QED) is 0.564. The van der Waals surface area contributed by atoms with E-state index < -0.39 is 10.0 Å². The van der Waals surface area contributed by atoms with Crippen LogP contribution in [0, 0.1) is 20.8 Å². The molecule has 8 heteroatoms. The first-order valence-corrected chi connectivity index (χ1v) is 10.5. The van der Waals surface area contributed by atoms with E-state index >= 15 is 0 Å². The fraction of sp³-hybridized carbons (Fsp3) is 0.176. The standard InChI is InChI=1S/C17H15Cl2NO3S2/c1-9-4-12(18)6-15(19)17(9)25(21,22)20-16-8-24-7-14(16)13-5-10(2)23-11(13)3/h4-8,20H,1-3H3. The van der Waals surface area contributed by atoms with Gasteiger partial charge in [-0.2, -0.15) is 0 Å². The Morgan fingerprint density at radius 2 is 1.76 bits per heavy atom. The number of hydrogen-bond donors (Lipinski definition) is 1. The maximum atomic E-state index is 12.9. The van der Waals surface area contributed by atoms with E-state index in [1.165, 1.54) is 17.4 Å². The van der Waals surface area contributed by atoms with Gasteiger partial charge in [-0.1, -0.05) is 23.2 Å². The van der Waals surface area contributed by atoms with Crippen LogP contribution >= 0.6 is 34.5 Å². The molecule has 0 bridgehead atoms. The third-order valence-corrected chi connectivity index (χ3v) is 6.64. The first-order chi connectivity index (χ1) is 11.7. The molecule has 0 amide bonds. The largest absolute Gasteiger partial charge is 0.466 e. The van der Waals surface area contributed by atoms with Gasteiger partial charge in [-0.15, -0.1) is 11.3 Å². The average Bonchev–Trinajstić information content (AvgIpc) is 3.02. The fourth-order valence-electron chi connectivity index (χ4n) is 2.71. The number of furan rings is 1. The summed E-state index contributed by atoms with van der Waals surface area (Å²) in [5.41, 5.74) is 2.59. The van der Waals surface area contributed by atoms with Crippen LogP contribution < -0.4 is 4.72 Å². The molecule has 0 aliphatic heterocycles. The highest BCUT2D eigenvalue weighted by Crippen LogP contribution is 2.38. The second-order valence-electron chi connectivity index (χ2n) is 5.67. The summed E-state index contributed by atoms with van der Waals surface area (Å²) in [6.07, 6.45) is 0. The van der Waals surface area contributed by atoms with Crippen LogP contribution in [-0.4, -0.2) is 8.42 Å². The van der Waals surface area contributed by atoms with E-state index in [0.717, 1.165) is 22.6 Å². The predicted molar refractivity (Wildman–Crippen MR) is 104 cm³/mol. The molecule has 0 saturated heterocycles. The van der Waals surface area contributed by atoms with Crippen LogP contribution in [0.15, 0.2) is 38.3 Å². The topological polar surface area (TPSA) is 59.3 Å². The smallest absolute Gasteiger partial charge is 0.263 e. The van der Waals surface area contributed by atoms with E-state index in [-0.39, 0.29) is 9.92 Å². The number of anilines is 1. The highest BCUT2D eigenvalue weighted by molar-refractivity contribution is 7.93. The highest BCUT2D eigenvalue weighted by Gasteiger charge is 2.24. The van der Waals surface area contributed by atoms with Gasteiger partial charge >= 0.3 is 0 Å². The molecule has 4 nitrogen and oxygen atoms in total. The Hall–Kier alpha value is -1.47. The summed E-state index contributed by atoms with van der Waals surface area (Å²) in [6.45, 7) is 5.35. The number of halogens is 2. The van der Waals surface area contributed by atoms with Gasteiger partial charge in [0, 0.05) is 26.9 Å². The Balaban J connectivity index is 2.04. The third-order valence-electron chi connectivity index (χ3n) is 3.70. The van der Waals surface area contributed by atoms with Gasteiger partial charge in [-0.25, -0.2) is 8.42 Å². The Labute approximate surface area is 160 Å². The van der Waals surface area contributed by atoms with E-state index in [9.17, 15) is 8.42 Å². The van der Waals surface area contributed by atoms with Gasteiger partial charge in [-0.05, 0) is 44.5 Å². The lowest BCUT2D eigenvalue weighted by Crippen LogP contribution is -2.15. The van der Waals surface area contributed by atoms with Crippen molar-refractivity contribution in [3.63, 3.8) is 0 Å². The minimum Gasteiger partial charge on any atom is -0.466 e. The minimum atomic E-state index is -3.86. The summed E-state index contributed by atoms with van der Waals surface area (Å²) in [5.74, 6) is 1.50. The predicted octanol–water partition coefficient (Wildman–Crippen LogP) is 6.04. The summed E-state index contributed by atoms with van der Waals surface area (Å²) in [5, 5.41) is 4.10. The SMILES string of the molecule is Cc1cc(-c2cscc2NS(=O)(=O)c2c(C)cc(Cl)cc2Cl)c(C)o1. The van der Waals surface area contributed by atoms with E-state index in [1.807, 2.05) is 25.3 Å². The van der Waals surface area contributed by atoms with E-state index in [2.05, 4.69) is 4.72 Å². The van der Waals surface area contributed by atoms with Crippen LogP contribution in [-0.2, 0) is 10.0 Å². The Kier molecular flexibility index (Phi) is 4.90. The van der Waals surface area contributed by atoms with Crippen molar-refractivity contribution in [1.82, 2.24) is 0 Å². The molecule has 0 saturated carbocycles. The van der Waals surface area contributed by atoms with E-state index in [1.54, 1.807) is 18.4 Å². The Morgan fingerprint density at radius 3 is 2.36 bits per heavy atom. The average molecular weight is 416 g/mol. The summed E-state index contributed by atoms with van der Waals surface area (Å²) in [4.78, 5) is 0.0239. The number of hydrogen-bond acceptors (Lipinski definition) is 4. The molecule has 0 radical (unpaired) electrons. The van der Waals surface area contributed by atoms with Gasteiger partial charge in [0.15, 0.2) is 0 Å². The van der Waals surface area contributed by atoms with Gasteiger partial charge in [0.1, 0.15) is 16.4 Å². The van der Waals surface area contributed by atoms with E-state index in [4.69, 9.17) is 27.6 Å². The normalized spacial score (nSPS) is 11.7. The van der Waals surface area contributed by atoms with Crippen molar-refractivity contribution in [3.8, 4) is 11.1 Å². The molecule has 1 N–H and O–H groups in total. The lowest BCUT2D eigenvalue weighted by Gasteiger charge is -2.13. The van der Waals surface area contributed by atoms with Gasteiger partial charge in [0.25, 0.3) is 10.0 Å². The zero-order valence-corrected chi connectivity index (χ0v) is 16.8. The van der Waals surface area contributed by atoms with Gasteiger partial charge in [-0.3, -0.25) is 4.72 Å². The highest BCUT2D eigenvalue weighted by atomic mass is 35.5. The third kappa shape index (κ3) is 3.58. The molecule has 0 atom stereocenters. The minimum absolute atomic E-state index is 0.0239. The van der Waals surface area contributed by atoms with Crippen molar-refractivity contribution < 1.29 is 12.8 Å². The number of benzene rings is 1. The molecule has 25 heavy (non-hydrogen) atoms. The van der Waals surface area contributed by atoms with Crippen molar-refractivity contribution >= 4 is 50.2 Å². The summed E-state index contributed by atoms with van der Waals surface area (Å²) in [7, 11) is -3.86. The summed E-state index contributed by atoms with van der Waals surface area (Å²) >= 11 is 13.5. The summed E-state index contributed by atoms with van der Waals surface area (Å²) < 4.78 is 33.9. The maximum Gasteiger partial charge on any atom is 0.263 e. The monoisotopic (exact) mass is 415 g/mol. The van der Waals surface area contributed by atoms with Gasteiger partial charge < -0.3 is 4.42 Å². The zero-order valence-electron chi connectivity index (χ0n) is 13.7. The molecule has 3 aromatic rings. The van der Waals surface area contributed by atoms with Crippen LogP contribution in [0.4, 0.5) is 5.69 Å². The van der Waals surface area contributed by atoms with Crippen LogP contribution in [0.25, 0.3) is 11.1 Å². The van der Waals surface area contributed by atoms with Crippen molar-refractivity contribution in [2.75, 3.05) is 4.72 Å². The molecule has 2 heterocycles. The van der Waals surface area contributed by atoms with Crippen molar-refractivity contribution in [2.24, 2.45) is 0 Å². The first kappa shape index (κ1) is 18.3. The molecular weight excluding hydrogens is 401 g/mol. The lowest BCUT2D eigenvalue weighted by atomic mass is 10.1. The number of sulfonamides is 1. The second kappa shape index (κ2) is 6.68. The molecule has 0 unspecified atom stereocenters. The van der Waals surface area contributed by atoms with Gasteiger partial charge in [0.2, 0.25) is 0 Å². The molecule has 0 spiro atoms. The number of nitrogens with one attached hydrogen (secondary N) is 1.